The highest BCUT2D eigenvalue weighted by molar-refractivity contribution is 5.82. The van der Waals surface area contributed by atoms with Crippen molar-refractivity contribution in [1.82, 2.24) is 4.90 Å². The molecule has 0 aliphatic rings. The first-order chi connectivity index (χ1) is 18.9. The lowest BCUT2D eigenvalue weighted by Crippen LogP contribution is -2.37. The van der Waals surface area contributed by atoms with Gasteiger partial charge in [0.05, 0.1) is 13.1 Å². The second-order valence-electron chi connectivity index (χ2n) is 9.25. The molecule has 0 aliphatic carbocycles. The molecule has 1 unspecified atom stereocenters. The third kappa shape index (κ3) is 21.5. The number of hydrogen-bond acceptors (Lipinski definition) is 7. The van der Waals surface area contributed by atoms with Crippen LogP contribution in [-0.4, -0.2) is 61.1 Å². The lowest BCUT2D eigenvalue weighted by molar-refractivity contribution is -0.143. The van der Waals surface area contributed by atoms with E-state index in [0.29, 0.717) is 6.42 Å². The van der Waals surface area contributed by atoms with Crippen LogP contribution in [0, 0.1) is 0 Å². The number of esters is 3. The summed E-state index contributed by atoms with van der Waals surface area (Å²) in [6.45, 7) is 12.9. The van der Waals surface area contributed by atoms with Crippen molar-refractivity contribution in [1.29, 1.82) is 0 Å². The Balaban J connectivity index is 4.22. The molecule has 0 rings (SSSR count). The van der Waals surface area contributed by atoms with E-state index < -0.39 is 11.9 Å². The van der Waals surface area contributed by atoms with Gasteiger partial charge in [0, 0.05) is 31.1 Å². The minimum atomic E-state index is -0.548. The monoisotopic (exact) mass is 547 g/mol. The third-order valence-electron chi connectivity index (χ3n) is 6.05. The van der Waals surface area contributed by atoms with Crippen LogP contribution >= 0.6 is 0 Å². The van der Waals surface area contributed by atoms with Crippen LogP contribution in [0.5, 0.6) is 0 Å². The molecule has 0 aliphatic heterocycles. The lowest BCUT2D eigenvalue weighted by atomic mass is 10.1. The van der Waals surface area contributed by atoms with Crippen LogP contribution in [0.4, 0.5) is 0 Å². The first-order valence-corrected chi connectivity index (χ1v) is 14.2. The molecule has 220 valence electrons. The molecular weight excluding hydrogens is 498 g/mol. The van der Waals surface area contributed by atoms with Gasteiger partial charge in [-0.3, -0.25) is 4.79 Å². The fourth-order valence-corrected chi connectivity index (χ4v) is 3.82. The Hall–Kier alpha value is -3.16. The molecule has 0 saturated heterocycles. The largest absolute Gasteiger partial charge is 0.461 e. The quantitative estimate of drug-likeness (QED) is 0.0453. The molecule has 0 fully saturated rings. The minimum Gasteiger partial charge on any atom is -0.461 e. The first kappa shape index (κ1) is 35.8. The van der Waals surface area contributed by atoms with Crippen molar-refractivity contribution in [3.8, 4) is 0 Å². The Labute approximate surface area is 235 Å². The highest BCUT2D eigenvalue weighted by atomic mass is 16.5. The average molecular weight is 548 g/mol. The number of unbranched alkanes of at least 4 members (excludes halogenated alkanes) is 8. The van der Waals surface area contributed by atoms with Crippen LogP contribution in [0.1, 0.15) is 90.4 Å². The second kappa shape index (κ2) is 25.1. The van der Waals surface area contributed by atoms with Gasteiger partial charge < -0.3 is 19.1 Å². The van der Waals surface area contributed by atoms with Crippen LogP contribution in [-0.2, 0) is 33.4 Å². The van der Waals surface area contributed by atoms with Gasteiger partial charge in [-0.2, -0.15) is 0 Å². The van der Waals surface area contributed by atoms with Crippen molar-refractivity contribution in [3.05, 3.63) is 50.1 Å². The Morgan fingerprint density at radius 2 is 1.28 bits per heavy atom. The van der Waals surface area contributed by atoms with Crippen molar-refractivity contribution in [2.24, 2.45) is 0 Å². The van der Waals surface area contributed by atoms with Crippen molar-refractivity contribution in [2.75, 3.05) is 26.3 Å². The van der Waals surface area contributed by atoms with Gasteiger partial charge in [-0.15, -0.1) is 0 Å². The van der Waals surface area contributed by atoms with Crippen LogP contribution in [0.25, 0.3) is 0 Å². The van der Waals surface area contributed by atoms with Gasteiger partial charge in [0.1, 0.15) is 19.3 Å². The van der Waals surface area contributed by atoms with E-state index in [1.165, 1.54) is 18.9 Å². The fraction of sp³-hybridized carbons (Fsp3) is 0.613. The molecule has 8 nitrogen and oxygen atoms in total. The number of ether oxygens (including phenoxy) is 3. The van der Waals surface area contributed by atoms with Crippen molar-refractivity contribution >= 4 is 23.8 Å². The maximum Gasteiger partial charge on any atom is 0.330 e. The molecule has 1 atom stereocenters. The van der Waals surface area contributed by atoms with Crippen LogP contribution < -0.4 is 0 Å². The molecule has 0 aromatic carbocycles. The zero-order valence-corrected chi connectivity index (χ0v) is 23.9. The summed E-state index contributed by atoms with van der Waals surface area (Å²) >= 11 is 0. The highest BCUT2D eigenvalue weighted by Crippen LogP contribution is 2.14. The Morgan fingerprint density at radius 3 is 1.87 bits per heavy atom. The van der Waals surface area contributed by atoms with Gasteiger partial charge in [0.2, 0.25) is 5.91 Å². The SMILES string of the molecule is C=CC(=O)OCCN(CCOC(=O)C=C)C(=O)CCCCCCC/C=C/CC(CCCCCC)OC(=O)C=C. The summed E-state index contributed by atoms with van der Waals surface area (Å²) in [5.74, 6) is -1.52. The zero-order valence-electron chi connectivity index (χ0n) is 23.9. The topological polar surface area (TPSA) is 99.2 Å². The molecule has 0 radical (unpaired) electrons. The summed E-state index contributed by atoms with van der Waals surface area (Å²) in [5.41, 5.74) is 0. The van der Waals surface area contributed by atoms with Crippen LogP contribution in [0.15, 0.2) is 50.1 Å². The van der Waals surface area contributed by atoms with E-state index in [-0.39, 0.29) is 44.3 Å². The third-order valence-corrected chi connectivity index (χ3v) is 6.05. The Bertz CT molecular complexity index is 749. The van der Waals surface area contributed by atoms with E-state index in [4.69, 9.17) is 14.2 Å². The molecule has 0 N–H and O–H groups in total. The summed E-state index contributed by atoms with van der Waals surface area (Å²) in [4.78, 5) is 48.3. The molecule has 0 saturated carbocycles. The standard InChI is InChI=1S/C31H49NO7/c1-5-9-10-17-20-27(39-31(36)8-4)21-18-15-13-11-12-14-16-19-22-28(33)32(23-25-37-29(34)6-2)24-26-38-30(35)7-3/h6-8,15,18,27H,2-5,9-14,16-17,19-26H2,1H3/b18-15+. The smallest absolute Gasteiger partial charge is 0.330 e. The first-order valence-electron chi connectivity index (χ1n) is 14.2. The van der Waals surface area contributed by atoms with Crippen molar-refractivity contribution in [3.63, 3.8) is 0 Å². The molecule has 0 aromatic rings. The molecule has 0 bridgehead atoms. The van der Waals surface area contributed by atoms with Gasteiger partial charge in [0.15, 0.2) is 0 Å². The number of carbonyl (C=O) groups is 4. The Morgan fingerprint density at radius 1 is 0.718 bits per heavy atom. The number of rotatable bonds is 25. The van der Waals surface area contributed by atoms with Crippen molar-refractivity contribution in [2.45, 2.75) is 96.5 Å². The number of nitrogens with zero attached hydrogens (tertiary/aromatic N) is 1. The van der Waals surface area contributed by atoms with Gasteiger partial charge in [-0.25, -0.2) is 14.4 Å². The molecule has 8 heteroatoms. The molecule has 39 heavy (non-hydrogen) atoms. The molecule has 0 aromatic heterocycles. The van der Waals surface area contributed by atoms with Crippen LogP contribution in [0.3, 0.4) is 0 Å². The predicted molar refractivity (Wildman–Crippen MR) is 154 cm³/mol. The van der Waals surface area contributed by atoms with E-state index >= 15 is 0 Å². The van der Waals surface area contributed by atoms with Crippen LogP contribution in [0.2, 0.25) is 0 Å². The summed E-state index contributed by atoms with van der Waals surface area (Å²) < 4.78 is 15.4. The number of allylic oxidation sites excluding steroid dienone is 1. The highest BCUT2D eigenvalue weighted by Gasteiger charge is 2.14. The summed E-state index contributed by atoms with van der Waals surface area (Å²) in [5, 5.41) is 0. The van der Waals surface area contributed by atoms with E-state index in [1.54, 1.807) is 4.90 Å². The van der Waals surface area contributed by atoms with Gasteiger partial charge in [-0.1, -0.05) is 77.3 Å². The average Bonchev–Trinajstić information content (AvgIpc) is 2.94. The maximum atomic E-state index is 12.6. The van der Waals surface area contributed by atoms with E-state index in [0.717, 1.165) is 76.4 Å². The summed E-state index contributed by atoms with van der Waals surface area (Å²) in [7, 11) is 0. The van der Waals surface area contributed by atoms with E-state index in [9.17, 15) is 19.2 Å². The predicted octanol–water partition coefficient (Wildman–Crippen LogP) is 6.02. The van der Waals surface area contributed by atoms with E-state index in [1.807, 2.05) is 0 Å². The van der Waals surface area contributed by atoms with Gasteiger partial charge in [0.25, 0.3) is 0 Å². The summed E-state index contributed by atoms with van der Waals surface area (Å²) in [6, 6.07) is 0. The number of amides is 1. The lowest BCUT2D eigenvalue weighted by Gasteiger charge is -2.22. The molecule has 0 spiro atoms. The second-order valence-corrected chi connectivity index (χ2v) is 9.25. The molecular formula is C31H49NO7. The zero-order chi connectivity index (χ0) is 29.1. The molecule has 0 heterocycles. The minimum absolute atomic E-state index is 0.0514. The van der Waals surface area contributed by atoms with Crippen molar-refractivity contribution < 1.29 is 33.4 Å². The number of carbonyl (C=O) groups excluding carboxylic acids is 4. The van der Waals surface area contributed by atoms with Gasteiger partial charge >= 0.3 is 17.9 Å². The van der Waals surface area contributed by atoms with Gasteiger partial charge in [-0.05, 0) is 32.1 Å². The number of hydrogen-bond donors (Lipinski definition) is 0. The van der Waals surface area contributed by atoms with E-state index in [2.05, 4.69) is 38.8 Å². The maximum absolute atomic E-state index is 12.6. The molecule has 1 amide bonds. The summed E-state index contributed by atoms with van der Waals surface area (Å²) in [6.07, 6.45) is 19.9. The normalized spacial score (nSPS) is 11.4. The fourth-order valence-electron chi connectivity index (χ4n) is 3.82. The Kier molecular flexibility index (Phi) is 23.1.